The molecule has 0 aliphatic carbocycles. The van der Waals surface area contributed by atoms with Gasteiger partial charge in [0.2, 0.25) is 0 Å². The van der Waals surface area contributed by atoms with Crippen LogP contribution in [0.4, 0.5) is 0 Å². The molecule has 1 rings (SSSR count). The number of hydrogen-bond donors (Lipinski definition) is 0. The van der Waals surface area contributed by atoms with Gasteiger partial charge in [0.25, 0.3) is 0 Å². The highest BCUT2D eigenvalue weighted by Crippen LogP contribution is 2.38. The van der Waals surface area contributed by atoms with Gasteiger partial charge in [-0.2, -0.15) is 0 Å². The summed E-state index contributed by atoms with van der Waals surface area (Å²) in [6, 6.07) is 0. The Morgan fingerprint density at radius 2 is 2.00 bits per heavy atom. The van der Waals surface area contributed by atoms with Crippen molar-refractivity contribution >= 4 is 0 Å². The van der Waals surface area contributed by atoms with E-state index in [0.717, 1.165) is 19.1 Å². The summed E-state index contributed by atoms with van der Waals surface area (Å²) in [5, 5.41) is 0. The summed E-state index contributed by atoms with van der Waals surface area (Å²) in [5.74, 6) is 0.959. The molecule has 17 heavy (non-hydrogen) atoms. The van der Waals surface area contributed by atoms with Crippen LogP contribution >= 0.6 is 0 Å². The van der Waals surface area contributed by atoms with Crippen LogP contribution in [-0.2, 0) is 4.74 Å². The summed E-state index contributed by atoms with van der Waals surface area (Å²) >= 11 is 0. The SMILES string of the molecule is CCCCC(CC)CCC1(CC)CCCOC1. The van der Waals surface area contributed by atoms with Crippen LogP contribution in [0.3, 0.4) is 0 Å². The monoisotopic (exact) mass is 240 g/mol. The summed E-state index contributed by atoms with van der Waals surface area (Å²) < 4.78 is 5.72. The fourth-order valence-electron chi connectivity index (χ4n) is 3.12. The molecule has 102 valence electrons. The van der Waals surface area contributed by atoms with Crippen molar-refractivity contribution in [1.82, 2.24) is 0 Å². The smallest absolute Gasteiger partial charge is 0.0522 e. The average Bonchev–Trinajstić information content (AvgIpc) is 2.40. The third-order valence-corrected chi connectivity index (χ3v) is 4.78. The van der Waals surface area contributed by atoms with E-state index in [-0.39, 0.29) is 0 Å². The van der Waals surface area contributed by atoms with E-state index in [2.05, 4.69) is 20.8 Å². The van der Waals surface area contributed by atoms with Gasteiger partial charge in [-0.05, 0) is 43.4 Å². The zero-order valence-electron chi connectivity index (χ0n) is 12.3. The highest BCUT2D eigenvalue weighted by Gasteiger charge is 2.31. The van der Waals surface area contributed by atoms with Crippen LogP contribution in [0.15, 0.2) is 0 Å². The van der Waals surface area contributed by atoms with Gasteiger partial charge in [0, 0.05) is 6.61 Å². The van der Waals surface area contributed by atoms with Crippen molar-refractivity contribution < 1.29 is 4.74 Å². The van der Waals surface area contributed by atoms with Crippen LogP contribution < -0.4 is 0 Å². The zero-order chi connectivity index (χ0) is 12.6. The second-order valence-corrected chi connectivity index (χ2v) is 5.96. The van der Waals surface area contributed by atoms with Crippen molar-refractivity contribution in [2.75, 3.05) is 13.2 Å². The van der Waals surface area contributed by atoms with Gasteiger partial charge >= 0.3 is 0 Å². The van der Waals surface area contributed by atoms with Gasteiger partial charge < -0.3 is 4.74 Å². The van der Waals surface area contributed by atoms with E-state index in [1.54, 1.807) is 0 Å². The van der Waals surface area contributed by atoms with Crippen molar-refractivity contribution in [3.8, 4) is 0 Å². The second kappa shape index (κ2) is 8.13. The molecule has 0 saturated carbocycles. The lowest BCUT2D eigenvalue weighted by molar-refractivity contribution is -0.0182. The molecular weight excluding hydrogens is 208 g/mol. The van der Waals surface area contributed by atoms with Crippen LogP contribution in [0, 0.1) is 11.3 Å². The molecule has 0 spiro atoms. The van der Waals surface area contributed by atoms with E-state index in [4.69, 9.17) is 4.74 Å². The first kappa shape index (κ1) is 15.0. The molecule has 1 nitrogen and oxygen atoms in total. The number of hydrogen-bond acceptors (Lipinski definition) is 1. The molecule has 1 aliphatic rings. The predicted octanol–water partition coefficient (Wildman–Crippen LogP) is 5.19. The molecule has 0 aromatic rings. The van der Waals surface area contributed by atoms with Gasteiger partial charge in [-0.25, -0.2) is 0 Å². The summed E-state index contributed by atoms with van der Waals surface area (Å²) in [6.07, 6.45) is 12.4. The Labute approximate surface area is 108 Å². The van der Waals surface area contributed by atoms with E-state index in [1.807, 2.05) is 0 Å². The van der Waals surface area contributed by atoms with Crippen LogP contribution in [0.1, 0.15) is 78.6 Å². The van der Waals surface area contributed by atoms with Crippen LogP contribution in [0.2, 0.25) is 0 Å². The van der Waals surface area contributed by atoms with Gasteiger partial charge in [-0.3, -0.25) is 0 Å². The molecular formula is C16H32O. The largest absolute Gasteiger partial charge is 0.381 e. The summed E-state index contributed by atoms with van der Waals surface area (Å²) in [6.45, 7) is 9.02. The fraction of sp³-hybridized carbons (Fsp3) is 1.00. The maximum absolute atomic E-state index is 5.72. The van der Waals surface area contributed by atoms with E-state index >= 15 is 0 Å². The molecule has 1 fully saturated rings. The Balaban J connectivity index is 2.34. The van der Waals surface area contributed by atoms with Gasteiger partial charge in [-0.15, -0.1) is 0 Å². The second-order valence-electron chi connectivity index (χ2n) is 5.96. The standard InChI is InChI=1S/C16H32O/c1-4-7-9-15(5-2)10-12-16(6-3)11-8-13-17-14-16/h15H,4-14H2,1-3H3. The molecule has 2 atom stereocenters. The van der Waals surface area contributed by atoms with Crippen molar-refractivity contribution in [3.05, 3.63) is 0 Å². The van der Waals surface area contributed by atoms with Crippen LogP contribution in [-0.4, -0.2) is 13.2 Å². The van der Waals surface area contributed by atoms with E-state index in [0.29, 0.717) is 5.41 Å². The Kier molecular flexibility index (Phi) is 7.18. The maximum Gasteiger partial charge on any atom is 0.0522 e. The molecule has 1 heteroatoms. The first-order valence-corrected chi connectivity index (χ1v) is 7.84. The van der Waals surface area contributed by atoms with E-state index in [1.165, 1.54) is 57.8 Å². The number of ether oxygens (including phenoxy) is 1. The highest BCUT2D eigenvalue weighted by atomic mass is 16.5. The molecule has 2 unspecified atom stereocenters. The van der Waals surface area contributed by atoms with Crippen LogP contribution in [0.25, 0.3) is 0 Å². The molecule has 0 aromatic heterocycles. The molecule has 1 heterocycles. The quantitative estimate of drug-likeness (QED) is 0.567. The van der Waals surface area contributed by atoms with Gasteiger partial charge in [-0.1, -0.05) is 46.5 Å². The average molecular weight is 240 g/mol. The van der Waals surface area contributed by atoms with E-state index < -0.39 is 0 Å². The van der Waals surface area contributed by atoms with Crippen LogP contribution in [0.5, 0.6) is 0 Å². The van der Waals surface area contributed by atoms with Gasteiger partial charge in [0.15, 0.2) is 0 Å². The van der Waals surface area contributed by atoms with Crippen molar-refractivity contribution in [2.45, 2.75) is 78.6 Å². The van der Waals surface area contributed by atoms with Gasteiger partial charge in [0.05, 0.1) is 6.61 Å². The third-order valence-electron chi connectivity index (χ3n) is 4.78. The molecule has 1 saturated heterocycles. The third kappa shape index (κ3) is 4.99. The zero-order valence-corrected chi connectivity index (χ0v) is 12.3. The number of rotatable bonds is 8. The molecule has 1 aliphatic heterocycles. The molecule has 0 radical (unpaired) electrons. The minimum atomic E-state index is 0.526. The summed E-state index contributed by atoms with van der Waals surface area (Å²) in [4.78, 5) is 0. The lowest BCUT2D eigenvalue weighted by Crippen LogP contribution is -2.31. The Morgan fingerprint density at radius 1 is 1.18 bits per heavy atom. The van der Waals surface area contributed by atoms with Crippen molar-refractivity contribution in [2.24, 2.45) is 11.3 Å². The predicted molar refractivity (Wildman–Crippen MR) is 75.3 cm³/mol. The molecule has 0 bridgehead atoms. The fourth-order valence-corrected chi connectivity index (χ4v) is 3.12. The first-order chi connectivity index (χ1) is 8.26. The van der Waals surface area contributed by atoms with Gasteiger partial charge in [0.1, 0.15) is 0 Å². The Hall–Kier alpha value is -0.0400. The number of unbranched alkanes of at least 4 members (excludes halogenated alkanes) is 1. The Bertz CT molecular complexity index is 182. The van der Waals surface area contributed by atoms with E-state index in [9.17, 15) is 0 Å². The van der Waals surface area contributed by atoms with Crippen molar-refractivity contribution in [1.29, 1.82) is 0 Å². The summed E-state index contributed by atoms with van der Waals surface area (Å²) in [5.41, 5.74) is 0.526. The lowest BCUT2D eigenvalue weighted by atomic mass is 9.74. The molecule has 0 N–H and O–H groups in total. The normalized spacial score (nSPS) is 27.0. The maximum atomic E-state index is 5.72. The first-order valence-electron chi connectivity index (χ1n) is 7.84. The topological polar surface area (TPSA) is 9.23 Å². The minimum absolute atomic E-state index is 0.526. The van der Waals surface area contributed by atoms with Crippen molar-refractivity contribution in [3.63, 3.8) is 0 Å². The Morgan fingerprint density at radius 3 is 2.53 bits per heavy atom. The molecule has 0 amide bonds. The molecule has 0 aromatic carbocycles. The highest BCUT2D eigenvalue weighted by molar-refractivity contribution is 4.81. The minimum Gasteiger partial charge on any atom is -0.381 e. The summed E-state index contributed by atoms with van der Waals surface area (Å²) in [7, 11) is 0. The lowest BCUT2D eigenvalue weighted by Gasteiger charge is -2.37.